The lowest BCUT2D eigenvalue weighted by Gasteiger charge is -2.24. The minimum atomic E-state index is -0.366. The van der Waals surface area contributed by atoms with E-state index in [1.165, 1.54) is 51.6 Å². The Morgan fingerprint density at radius 3 is 2.62 bits per heavy atom. The molecule has 1 heterocycles. The van der Waals surface area contributed by atoms with Gasteiger partial charge in [0.15, 0.2) is 0 Å². The number of nitrogens with zero attached hydrogens (tertiary/aromatic N) is 1. The van der Waals surface area contributed by atoms with Gasteiger partial charge >= 0.3 is 0 Å². The molecule has 1 saturated heterocycles. The molecule has 1 aliphatic heterocycles. The van der Waals surface area contributed by atoms with Gasteiger partial charge in [-0.15, -0.1) is 0 Å². The summed E-state index contributed by atoms with van der Waals surface area (Å²) in [6, 6.07) is 0.657. The molecule has 4 heteroatoms. The average Bonchev–Trinajstić information content (AvgIpc) is 2.95. The van der Waals surface area contributed by atoms with Gasteiger partial charge in [0.1, 0.15) is 0 Å². The maximum atomic E-state index is 10.00. The van der Waals surface area contributed by atoms with Gasteiger partial charge in [-0.1, -0.05) is 19.3 Å². The van der Waals surface area contributed by atoms with Crippen LogP contribution in [0.3, 0.4) is 0 Å². The van der Waals surface area contributed by atoms with Gasteiger partial charge in [-0.2, -0.15) is 0 Å². The highest BCUT2D eigenvalue weighted by Crippen LogP contribution is 2.20. The molecule has 2 atom stereocenters. The Morgan fingerprint density at radius 1 is 1.19 bits per heavy atom. The number of nitrogens with one attached hydrogen (secondary N) is 1. The van der Waals surface area contributed by atoms with E-state index < -0.39 is 0 Å². The minimum Gasteiger partial charge on any atom is -0.389 e. The first-order valence-electron chi connectivity index (χ1n) is 8.89. The third-order valence-corrected chi connectivity index (χ3v) is 4.94. The van der Waals surface area contributed by atoms with Gasteiger partial charge in [-0.05, 0) is 52.1 Å². The molecular weight excluding hydrogens is 264 g/mol. The third-order valence-electron chi connectivity index (χ3n) is 4.94. The number of hydrogen-bond donors (Lipinski definition) is 2. The summed E-state index contributed by atoms with van der Waals surface area (Å²) in [4.78, 5) is 2.54. The van der Waals surface area contributed by atoms with Gasteiger partial charge in [-0.3, -0.25) is 0 Å². The van der Waals surface area contributed by atoms with E-state index in [4.69, 9.17) is 4.74 Å². The fourth-order valence-corrected chi connectivity index (χ4v) is 3.49. The number of hydrogen-bond acceptors (Lipinski definition) is 4. The van der Waals surface area contributed by atoms with Crippen molar-refractivity contribution >= 4 is 0 Å². The largest absolute Gasteiger partial charge is 0.389 e. The number of rotatable bonds is 8. The van der Waals surface area contributed by atoms with E-state index in [1.807, 2.05) is 0 Å². The van der Waals surface area contributed by atoms with Crippen LogP contribution in [-0.4, -0.2) is 61.0 Å². The summed E-state index contributed by atoms with van der Waals surface area (Å²) in [6.07, 6.45) is 7.57. The van der Waals surface area contributed by atoms with Crippen molar-refractivity contribution in [2.75, 3.05) is 32.8 Å². The van der Waals surface area contributed by atoms with Crippen LogP contribution in [-0.2, 0) is 4.74 Å². The fourth-order valence-electron chi connectivity index (χ4n) is 3.49. The molecule has 0 amide bonds. The first-order chi connectivity index (χ1) is 10.1. The van der Waals surface area contributed by atoms with Crippen LogP contribution < -0.4 is 5.32 Å². The minimum absolute atomic E-state index is 0.366. The Bertz CT molecular complexity index is 280. The van der Waals surface area contributed by atoms with Gasteiger partial charge < -0.3 is 20.1 Å². The summed E-state index contributed by atoms with van der Waals surface area (Å²) in [7, 11) is 0. The van der Waals surface area contributed by atoms with Gasteiger partial charge in [0.2, 0.25) is 0 Å². The van der Waals surface area contributed by atoms with Crippen LogP contribution in [0.4, 0.5) is 0 Å². The Morgan fingerprint density at radius 2 is 1.95 bits per heavy atom. The number of aliphatic hydroxyl groups excluding tert-OH is 1. The molecule has 0 aromatic rings. The van der Waals surface area contributed by atoms with Crippen molar-refractivity contribution in [2.24, 2.45) is 5.92 Å². The van der Waals surface area contributed by atoms with Crippen molar-refractivity contribution in [3.63, 3.8) is 0 Å². The molecule has 0 spiro atoms. The molecule has 1 saturated carbocycles. The fraction of sp³-hybridized carbons (Fsp3) is 1.00. The van der Waals surface area contributed by atoms with Crippen LogP contribution in [0.1, 0.15) is 52.4 Å². The standard InChI is InChI=1S/C17H34N2O2/c1-14(2)19-9-8-15(12-19)10-18-11-16(20)13-21-17-6-4-3-5-7-17/h14-18,20H,3-13H2,1-2H3. The predicted molar refractivity (Wildman–Crippen MR) is 86.5 cm³/mol. The van der Waals surface area contributed by atoms with Gasteiger partial charge in [-0.25, -0.2) is 0 Å². The molecule has 0 aromatic carbocycles. The molecule has 2 unspecified atom stereocenters. The van der Waals surface area contributed by atoms with E-state index >= 15 is 0 Å². The number of likely N-dealkylation sites (tertiary alicyclic amines) is 1. The van der Waals surface area contributed by atoms with Crippen molar-refractivity contribution in [1.82, 2.24) is 10.2 Å². The van der Waals surface area contributed by atoms with Crippen LogP contribution in [0.15, 0.2) is 0 Å². The maximum Gasteiger partial charge on any atom is 0.0897 e. The lowest BCUT2D eigenvalue weighted by Crippen LogP contribution is -2.36. The number of aliphatic hydroxyl groups is 1. The van der Waals surface area contributed by atoms with Gasteiger partial charge in [0.25, 0.3) is 0 Å². The summed E-state index contributed by atoms with van der Waals surface area (Å²) in [5.41, 5.74) is 0. The third kappa shape index (κ3) is 6.23. The summed E-state index contributed by atoms with van der Waals surface area (Å²) in [5, 5.41) is 13.4. The molecule has 124 valence electrons. The Labute approximate surface area is 130 Å². The topological polar surface area (TPSA) is 44.7 Å². The zero-order chi connectivity index (χ0) is 15.1. The lowest BCUT2D eigenvalue weighted by molar-refractivity contribution is -0.0231. The van der Waals surface area contributed by atoms with Gasteiger partial charge in [0, 0.05) is 19.1 Å². The first kappa shape index (κ1) is 17.2. The van der Waals surface area contributed by atoms with Crippen LogP contribution in [0.2, 0.25) is 0 Å². The second-order valence-corrected chi connectivity index (χ2v) is 7.15. The van der Waals surface area contributed by atoms with Crippen molar-refractivity contribution < 1.29 is 9.84 Å². The number of ether oxygens (including phenoxy) is 1. The second-order valence-electron chi connectivity index (χ2n) is 7.15. The lowest BCUT2D eigenvalue weighted by atomic mass is 9.98. The van der Waals surface area contributed by atoms with Crippen LogP contribution in [0, 0.1) is 5.92 Å². The smallest absolute Gasteiger partial charge is 0.0897 e. The average molecular weight is 298 g/mol. The molecule has 0 radical (unpaired) electrons. The van der Waals surface area contributed by atoms with E-state index in [1.54, 1.807) is 0 Å². The van der Waals surface area contributed by atoms with E-state index in [2.05, 4.69) is 24.1 Å². The molecule has 0 aromatic heterocycles. The molecule has 2 aliphatic rings. The van der Waals surface area contributed by atoms with E-state index in [0.717, 1.165) is 12.5 Å². The van der Waals surface area contributed by atoms with E-state index in [9.17, 15) is 5.11 Å². The SMILES string of the molecule is CC(C)N1CCC(CNCC(O)COC2CCCCC2)C1. The van der Waals surface area contributed by atoms with Crippen LogP contribution in [0.5, 0.6) is 0 Å². The van der Waals surface area contributed by atoms with Crippen LogP contribution in [0.25, 0.3) is 0 Å². The molecule has 4 nitrogen and oxygen atoms in total. The predicted octanol–water partition coefficient (Wildman–Crippen LogP) is 2.02. The monoisotopic (exact) mass is 298 g/mol. The van der Waals surface area contributed by atoms with Crippen molar-refractivity contribution in [2.45, 2.75) is 70.6 Å². The zero-order valence-corrected chi connectivity index (χ0v) is 13.9. The molecule has 2 N–H and O–H groups in total. The molecule has 1 aliphatic carbocycles. The summed E-state index contributed by atoms with van der Waals surface area (Å²) < 4.78 is 5.82. The normalized spacial score (nSPS) is 26.6. The maximum absolute atomic E-state index is 10.00. The van der Waals surface area contributed by atoms with Crippen molar-refractivity contribution in [3.8, 4) is 0 Å². The Kier molecular flexibility index (Phi) is 7.44. The zero-order valence-electron chi connectivity index (χ0n) is 13.9. The van der Waals surface area contributed by atoms with E-state index in [-0.39, 0.29) is 6.10 Å². The summed E-state index contributed by atoms with van der Waals surface area (Å²) >= 11 is 0. The first-order valence-corrected chi connectivity index (χ1v) is 8.89. The summed E-state index contributed by atoms with van der Waals surface area (Å²) in [5.74, 6) is 0.735. The highest BCUT2D eigenvalue weighted by atomic mass is 16.5. The van der Waals surface area contributed by atoms with Crippen LogP contribution >= 0.6 is 0 Å². The van der Waals surface area contributed by atoms with Crippen molar-refractivity contribution in [1.29, 1.82) is 0 Å². The molecule has 21 heavy (non-hydrogen) atoms. The molecule has 0 bridgehead atoms. The second kappa shape index (κ2) is 9.09. The molecule has 2 rings (SSSR count). The Balaban J connectivity index is 1.50. The molecular formula is C17H34N2O2. The van der Waals surface area contributed by atoms with E-state index in [0.29, 0.717) is 25.3 Å². The summed E-state index contributed by atoms with van der Waals surface area (Å²) in [6.45, 7) is 9.11. The quantitative estimate of drug-likeness (QED) is 0.719. The van der Waals surface area contributed by atoms with Gasteiger partial charge in [0.05, 0.1) is 18.8 Å². The highest BCUT2D eigenvalue weighted by molar-refractivity contribution is 4.79. The highest BCUT2D eigenvalue weighted by Gasteiger charge is 2.23. The van der Waals surface area contributed by atoms with Crippen molar-refractivity contribution in [3.05, 3.63) is 0 Å². The Hall–Kier alpha value is -0.160. The molecule has 2 fully saturated rings.